The topological polar surface area (TPSA) is 90.7 Å². The van der Waals surface area contributed by atoms with Crippen LogP contribution in [0.5, 0.6) is 0 Å². The molecule has 3 rings (SSSR count). The smallest absolute Gasteiger partial charge is 0.274 e. The van der Waals surface area contributed by atoms with Gasteiger partial charge in [0.05, 0.1) is 11.6 Å². The zero-order valence-corrected chi connectivity index (χ0v) is 13.3. The van der Waals surface area contributed by atoms with Gasteiger partial charge in [0.2, 0.25) is 0 Å². The fourth-order valence-corrected chi connectivity index (χ4v) is 2.84. The van der Waals surface area contributed by atoms with Gasteiger partial charge in [-0.3, -0.25) is 4.79 Å². The third-order valence-electron chi connectivity index (χ3n) is 4.13. The number of carbonyl (C=O) groups excluding carboxylic acids is 1. The van der Waals surface area contributed by atoms with Crippen molar-refractivity contribution >= 4 is 17.4 Å². The minimum atomic E-state index is -0.297. The summed E-state index contributed by atoms with van der Waals surface area (Å²) in [7, 11) is 0. The molecule has 6 nitrogen and oxygen atoms in total. The fourth-order valence-electron chi connectivity index (χ4n) is 2.84. The highest BCUT2D eigenvalue weighted by Gasteiger charge is 2.15. The highest BCUT2D eigenvalue weighted by molar-refractivity contribution is 6.03. The van der Waals surface area contributed by atoms with Crippen LogP contribution >= 0.6 is 0 Å². The summed E-state index contributed by atoms with van der Waals surface area (Å²) in [5.41, 5.74) is 1.49. The quantitative estimate of drug-likeness (QED) is 0.901. The van der Waals surface area contributed by atoms with E-state index in [4.69, 9.17) is 5.26 Å². The second-order valence-corrected chi connectivity index (χ2v) is 5.91. The molecule has 0 atom stereocenters. The Kier molecular flexibility index (Phi) is 5.02. The van der Waals surface area contributed by atoms with E-state index in [1.54, 1.807) is 30.3 Å². The molecular formula is C18H19N5O. The van der Waals surface area contributed by atoms with Gasteiger partial charge in [-0.2, -0.15) is 5.26 Å². The minimum Gasteiger partial charge on any atom is -0.367 e. The van der Waals surface area contributed by atoms with Crippen molar-refractivity contribution in [1.29, 1.82) is 5.26 Å². The standard InChI is InChI=1S/C18H19N5O/c19-11-13-6-8-15(9-7-13)23-18(24)16-10-17(21-12-20-16)22-14-4-2-1-3-5-14/h6-10,12,14H,1-5H2,(H,23,24)(H,20,21,22). The molecule has 0 saturated heterocycles. The van der Waals surface area contributed by atoms with Crippen LogP contribution in [0.1, 0.15) is 48.2 Å². The Labute approximate surface area is 140 Å². The lowest BCUT2D eigenvalue weighted by atomic mass is 9.95. The summed E-state index contributed by atoms with van der Waals surface area (Å²) in [5.74, 6) is 0.385. The molecule has 1 aliphatic carbocycles. The second kappa shape index (κ2) is 7.55. The van der Waals surface area contributed by atoms with E-state index in [0.717, 1.165) is 12.8 Å². The summed E-state index contributed by atoms with van der Waals surface area (Å²) in [6.07, 6.45) is 7.43. The molecule has 1 aromatic carbocycles. The Hall–Kier alpha value is -2.94. The molecule has 1 aromatic heterocycles. The Morgan fingerprint density at radius 3 is 2.58 bits per heavy atom. The number of rotatable bonds is 4. The molecule has 2 N–H and O–H groups in total. The molecule has 1 aliphatic rings. The maximum absolute atomic E-state index is 12.3. The molecule has 0 bridgehead atoms. The predicted molar refractivity (Wildman–Crippen MR) is 91.6 cm³/mol. The van der Waals surface area contributed by atoms with Crippen molar-refractivity contribution in [3.63, 3.8) is 0 Å². The van der Waals surface area contributed by atoms with Crippen LogP contribution in [-0.4, -0.2) is 21.9 Å². The van der Waals surface area contributed by atoms with E-state index in [1.165, 1.54) is 25.6 Å². The number of anilines is 2. The molecule has 1 fully saturated rings. The van der Waals surface area contributed by atoms with E-state index < -0.39 is 0 Å². The number of aromatic nitrogens is 2. The van der Waals surface area contributed by atoms with Crippen molar-refractivity contribution in [1.82, 2.24) is 9.97 Å². The van der Waals surface area contributed by atoms with E-state index in [0.29, 0.717) is 28.8 Å². The summed E-state index contributed by atoms with van der Waals surface area (Å²) >= 11 is 0. The van der Waals surface area contributed by atoms with Gasteiger partial charge in [0, 0.05) is 17.8 Å². The second-order valence-electron chi connectivity index (χ2n) is 5.91. The molecule has 0 spiro atoms. The number of benzene rings is 1. The van der Waals surface area contributed by atoms with Crippen LogP contribution in [0.15, 0.2) is 36.7 Å². The Balaban J connectivity index is 1.65. The van der Waals surface area contributed by atoms with Crippen molar-refractivity contribution in [3.8, 4) is 6.07 Å². The number of hydrogen-bond donors (Lipinski definition) is 2. The van der Waals surface area contributed by atoms with Gasteiger partial charge in [0.15, 0.2) is 0 Å². The first-order valence-corrected chi connectivity index (χ1v) is 8.15. The van der Waals surface area contributed by atoms with Crippen molar-refractivity contribution in [2.45, 2.75) is 38.1 Å². The van der Waals surface area contributed by atoms with Crippen molar-refractivity contribution < 1.29 is 4.79 Å². The lowest BCUT2D eigenvalue weighted by Crippen LogP contribution is -2.23. The summed E-state index contributed by atoms with van der Waals surface area (Å²) < 4.78 is 0. The third-order valence-corrected chi connectivity index (χ3v) is 4.13. The molecule has 0 radical (unpaired) electrons. The van der Waals surface area contributed by atoms with Gasteiger partial charge >= 0.3 is 0 Å². The predicted octanol–water partition coefficient (Wildman–Crippen LogP) is 3.35. The van der Waals surface area contributed by atoms with Crippen LogP contribution in [0.4, 0.5) is 11.5 Å². The monoisotopic (exact) mass is 321 g/mol. The lowest BCUT2D eigenvalue weighted by molar-refractivity contribution is 0.102. The molecule has 122 valence electrons. The summed E-state index contributed by atoms with van der Waals surface area (Å²) in [5, 5.41) is 15.0. The molecule has 1 heterocycles. The minimum absolute atomic E-state index is 0.297. The molecule has 1 saturated carbocycles. The summed E-state index contributed by atoms with van der Waals surface area (Å²) in [4.78, 5) is 20.6. The molecule has 2 aromatic rings. The maximum Gasteiger partial charge on any atom is 0.274 e. The van der Waals surface area contributed by atoms with Crippen molar-refractivity contribution in [2.24, 2.45) is 0 Å². The summed E-state index contributed by atoms with van der Waals surface area (Å²) in [6.45, 7) is 0. The molecular weight excluding hydrogens is 302 g/mol. The Bertz CT molecular complexity index is 745. The Morgan fingerprint density at radius 2 is 1.88 bits per heavy atom. The van der Waals surface area contributed by atoms with Gasteiger partial charge < -0.3 is 10.6 Å². The molecule has 0 unspecified atom stereocenters. The zero-order chi connectivity index (χ0) is 16.8. The van der Waals surface area contributed by atoms with E-state index in [9.17, 15) is 4.79 Å². The van der Waals surface area contributed by atoms with Crippen molar-refractivity contribution in [2.75, 3.05) is 10.6 Å². The van der Waals surface area contributed by atoms with Gasteiger partial charge in [0.25, 0.3) is 5.91 Å². The van der Waals surface area contributed by atoms with Gasteiger partial charge in [-0.1, -0.05) is 19.3 Å². The normalized spacial score (nSPS) is 14.6. The number of nitrogens with zero attached hydrogens (tertiary/aromatic N) is 3. The number of amides is 1. The van der Waals surface area contributed by atoms with Crippen molar-refractivity contribution in [3.05, 3.63) is 47.9 Å². The lowest BCUT2D eigenvalue weighted by Gasteiger charge is -2.23. The number of hydrogen-bond acceptors (Lipinski definition) is 5. The van der Waals surface area contributed by atoms with E-state index >= 15 is 0 Å². The first-order valence-electron chi connectivity index (χ1n) is 8.15. The highest BCUT2D eigenvalue weighted by atomic mass is 16.1. The van der Waals surface area contributed by atoms with Gasteiger partial charge in [-0.25, -0.2) is 9.97 Å². The SMILES string of the molecule is N#Cc1ccc(NC(=O)c2cc(NC3CCCCC3)ncn2)cc1. The van der Waals surface area contributed by atoms with Crippen LogP contribution in [0.3, 0.4) is 0 Å². The summed E-state index contributed by atoms with van der Waals surface area (Å²) in [6, 6.07) is 10.8. The van der Waals surface area contributed by atoms with E-state index in [2.05, 4.69) is 20.6 Å². The average Bonchev–Trinajstić information content (AvgIpc) is 2.63. The number of nitriles is 1. The third kappa shape index (κ3) is 4.07. The van der Waals surface area contributed by atoms with E-state index in [1.807, 2.05) is 6.07 Å². The zero-order valence-electron chi connectivity index (χ0n) is 13.3. The van der Waals surface area contributed by atoms with Crippen LogP contribution < -0.4 is 10.6 Å². The fraction of sp³-hybridized carbons (Fsp3) is 0.333. The van der Waals surface area contributed by atoms with Crippen LogP contribution in [-0.2, 0) is 0 Å². The maximum atomic E-state index is 12.3. The van der Waals surface area contributed by atoms with Crippen LogP contribution in [0.2, 0.25) is 0 Å². The molecule has 0 aliphatic heterocycles. The molecule has 24 heavy (non-hydrogen) atoms. The van der Waals surface area contributed by atoms with Gasteiger partial charge in [0.1, 0.15) is 17.8 Å². The Morgan fingerprint density at radius 1 is 1.12 bits per heavy atom. The van der Waals surface area contributed by atoms with Crippen LogP contribution in [0, 0.1) is 11.3 Å². The molecule has 1 amide bonds. The highest BCUT2D eigenvalue weighted by Crippen LogP contribution is 2.21. The number of nitrogens with one attached hydrogen (secondary N) is 2. The van der Waals surface area contributed by atoms with Crippen LogP contribution in [0.25, 0.3) is 0 Å². The van der Waals surface area contributed by atoms with E-state index in [-0.39, 0.29) is 5.91 Å². The van der Waals surface area contributed by atoms with Gasteiger partial charge in [-0.05, 0) is 37.1 Å². The largest absolute Gasteiger partial charge is 0.367 e. The average molecular weight is 321 g/mol. The molecule has 6 heteroatoms. The first kappa shape index (κ1) is 15.9. The van der Waals surface area contributed by atoms with Gasteiger partial charge in [-0.15, -0.1) is 0 Å². The first-order chi connectivity index (χ1) is 11.7. The number of carbonyl (C=O) groups is 1.